The third kappa shape index (κ3) is 3.69. The third-order valence-corrected chi connectivity index (χ3v) is 4.95. The summed E-state index contributed by atoms with van der Waals surface area (Å²) in [6.45, 7) is 9.34. The molecule has 0 aliphatic carbocycles. The normalized spacial score (nSPS) is 11.1. The molecule has 0 saturated heterocycles. The number of para-hydroxylation sites is 2. The summed E-state index contributed by atoms with van der Waals surface area (Å²) in [4.78, 5) is 5.58. The minimum Gasteiger partial charge on any atom is -0.361 e. The molecule has 0 radical (unpaired) electrons. The van der Waals surface area contributed by atoms with E-state index in [9.17, 15) is 0 Å². The summed E-state index contributed by atoms with van der Waals surface area (Å²) in [6.07, 6.45) is 2.08. The molecule has 0 fully saturated rings. The van der Waals surface area contributed by atoms with E-state index in [1.54, 1.807) is 0 Å². The molecule has 130 valence electrons. The van der Waals surface area contributed by atoms with Crippen molar-refractivity contribution in [2.75, 3.05) is 5.32 Å². The second-order valence-corrected chi connectivity index (χ2v) is 7.16. The lowest BCUT2D eigenvalue weighted by atomic mass is 10.1. The molecule has 0 amide bonds. The van der Waals surface area contributed by atoms with Crippen LogP contribution in [0.15, 0.2) is 48.7 Å². The molecular weight excluding hydrogens is 326 g/mol. The minimum atomic E-state index is 0.304. The number of aryl methyl sites for hydroxylation is 2. The van der Waals surface area contributed by atoms with E-state index in [4.69, 9.17) is 12.2 Å². The molecule has 3 nitrogen and oxygen atoms in total. The average molecular weight is 352 g/mol. The first kappa shape index (κ1) is 17.5. The van der Waals surface area contributed by atoms with Gasteiger partial charge < -0.3 is 15.2 Å². The Hall–Kier alpha value is -2.33. The van der Waals surface area contributed by atoms with E-state index in [-0.39, 0.29) is 0 Å². The first-order chi connectivity index (χ1) is 12.0. The van der Waals surface area contributed by atoms with E-state index in [1.165, 1.54) is 22.1 Å². The first-order valence-corrected chi connectivity index (χ1v) is 9.07. The molecule has 3 aromatic rings. The van der Waals surface area contributed by atoms with Gasteiger partial charge in [0.05, 0.1) is 0 Å². The number of aromatic amines is 1. The van der Waals surface area contributed by atoms with Crippen LogP contribution in [0.3, 0.4) is 0 Å². The van der Waals surface area contributed by atoms with E-state index in [2.05, 4.69) is 91.6 Å². The molecule has 1 aromatic heterocycles. The van der Waals surface area contributed by atoms with Crippen LogP contribution < -0.4 is 5.32 Å². The summed E-state index contributed by atoms with van der Waals surface area (Å²) in [5, 5.41) is 5.48. The number of aromatic nitrogens is 1. The lowest BCUT2D eigenvalue weighted by Crippen LogP contribution is -2.39. The van der Waals surface area contributed by atoms with Crippen LogP contribution in [0.4, 0.5) is 5.69 Å². The highest BCUT2D eigenvalue weighted by Gasteiger charge is 2.17. The molecule has 0 aliphatic rings. The van der Waals surface area contributed by atoms with Gasteiger partial charge in [-0.1, -0.05) is 36.4 Å². The maximum Gasteiger partial charge on any atom is 0.173 e. The van der Waals surface area contributed by atoms with Gasteiger partial charge in [-0.25, -0.2) is 0 Å². The molecule has 0 saturated carbocycles. The third-order valence-electron chi connectivity index (χ3n) is 4.61. The van der Waals surface area contributed by atoms with Crippen LogP contribution in [0.25, 0.3) is 10.9 Å². The van der Waals surface area contributed by atoms with Gasteiger partial charge in [-0.2, -0.15) is 0 Å². The van der Waals surface area contributed by atoms with E-state index < -0.39 is 0 Å². The Labute approximate surface area is 155 Å². The first-order valence-electron chi connectivity index (χ1n) is 8.66. The molecule has 0 aliphatic heterocycles. The summed E-state index contributed by atoms with van der Waals surface area (Å²) in [7, 11) is 0. The highest BCUT2D eigenvalue weighted by Crippen LogP contribution is 2.23. The van der Waals surface area contributed by atoms with E-state index in [1.807, 2.05) is 0 Å². The number of hydrogen-bond acceptors (Lipinski definition) is 1. The van der Waals surface area contributed by atoms with Crippen LogP contribution >= 0.6 is 12.2 Å². The van der Waals surface area contributed by atoms with Gasteiger partial charge in [0.1, 0.15) is 0 Å². The summed E-state index contributed by atoms with van der Waals surface area (Å²) in [6, 6.07) is 15.0. The fourth-order valence-electron chi connectivity index (χ4n) is 3.13. The van der Waals surface area contributed by atoms with E-state index in [0.717, 1.165) is 22.9 Å². The van der Waals surface area contributed by atoms with Gasteiger partial charge in [0.15, 0.2) is 5.11 Å². The van der Waals surface area contributed by atoms with Crippen LogP contribution in [0.2, 0.25) is 0 Å². The number of hydrogen-bond donors (Lipinski definition) is 2. The Morgan fingerprint density at radius 3 is 2.44 bits per heavy atom. The zero-order chi connectivity index (χ0) is 18.0. The number of H-pyrrole nitrogens is 1. The molecular formula is C21H25N3S. The van der Waals surface area contributed by atoms with Crippen LogP contribution in [-0.4, -0.2) is 21.0 Å². The Morgan fingerprint density at radius 1 is 1.08 bits per heavy atom. The molecule has 3 rings (SSSR count). The Bertz CT molecular complexity index is 875. The molecule has 4 heteroatoms. The van der Waals surface area contributed by atoms with E-state index >= 15 is 0 Å². The van der Waals surface area contributed by atoms with Crippen molar-refractivity contribution in [2.24, 2.45) is 0 Å². The molecule has 0 spiro atoms. The smallest absolute Gasteiger partial charge is 0.173 e. The monoisotopic (exact) mass is 351 g/mol. The van der Waals surface area contributed by atoms with Gasteiger partial charge in [0.2, 0.25) is 0 Å². The van der Waals surface area contributed by atoms with Gasteiger partial charge in [0, 0.05) is 35.4 Å². The predicted molar refractivity (Wildman–Crippen MR) is 111 cm³/mol. The molecule has 0 bridgehead atoms. The Balaban J connectivity index is 1.85. The summed E-state index contributed by atoms with van der Waals surface area (Å²) in [5.74, 6) is 0. The molecule has 0 atom stereocenters. The number of nitrogens with zero attached hydrogens (tertiary/aromatic N) is 1. The van der Waals surface area contributed by atoms with Crippen molar-refractivity contribution in [1.29, 1.82) is 0 Å². The summed E-state index contributed by atoms with van der Waals surface area (Å²) in [5.41, 5.74) is 5.94. The highest BCUT2D eigenvalue weighted by atomic mass is 32.1. The van der Waals surface area contributed by atoms with Gasteiger partial charge in [-0.3, -0.25) is 0 Å². The van der Waals surface area contributed by atoms with E-state index in [0.29, 0.717) is 6.04 Å². The zero-order valence-corrected chi connectivity index (χ0v) is 16.1. The Morgan fingerprint density at radius 2 is 1.76 bits per heavy atom. The average Bonchev–Trinajstić information content (AvgIpc) is 2.99. The maximum atomic E-state index is 5.75. The van der Waals surface area contributed by atoms with Gasteiger partial charge in [-0.15, -0.1) is 0 Å². The lowest BCUT2D eigenvalue weighted by molar-refractivity contribution is 0.349. The lowest BCUT2D eigenvalue weighted by Gasteiger charge is -2.30. The summed E-state index contributed by atoms with van der Waals surface area (Å²) >= 11 is 5.75. The van der Waals surface area contributed by atoms with Crippen molar-refractivity contribution in [3.63, 3.8) is 0 Å². The SMILES string of the molecule is Cc1cccc(C)c1NC(=S)N(Cc1c[nH]c2ccccc12)C(C)C. The largest absolute Gasteiger partial charge is 0.361 e. The second-order valence-electron chi connectivity index (χ2n) is 6.78. The molecule has 1 heterocycles. The van der Waals surface area contributed by atoms with Crippen molar-refractivity contribution in [2.45, 2.75) is 40.3 Å². The van der Waals surface area contributed by atoms with Crippen molar-refractivity contribution in [3.8, 4) is 0 Å². The standard InChI is InChI=1S/C21H25N3S/c1-14(2)24(13-17-12-22-19-11-6-5-10-18(17)19)21(25)23-20-15(3)8-7-9-16(20)4/h5-12,14,22H,13H2,1-4H3,(H,23,25). The quantitative estimate of drug-likeness (QED) is 0.618. The zero-order valence-electron chi connectivity index (χ0n) is 15.3. The molecule has 25 heavy (non-hydrogen) atoms. The summed E-state index contributed by atoms with van der Waals surface area (Å²) < 4.78 is 0. The maximum absolute atomic E-state index is 5.75. The van der Waals surface area contributed by atoms with Crippen LogP contribution in [0.5, 0.6) is 0 Å². The highest BCUT2D eigenvalue weighted by molar-refractivity contribution is 7.80. The fraction of sp³-hybridized carbons (Fsp3) is 0.286. The number of nitrogens with one attached hydrogen (secondary N) is 2. The van der Waals surface area contributed by atoms with Gasteiger partial charge >= 0.3 is 0 Å². The fourth-order valence-corrected chi connectivity index (χ4v) is 3.50. The van der Waals surface area contributed by atoms with Crippen molar-refractivity contribution < 1.29 is 0 Å². The number of rotatable bonds is 4. The van der Waals surface area contributed by atoms with Crippen LogP contribution in [0.1, 0.15) is 30.5 Å². The molecule has 2 N–H and O–H groups in total. The number of thiocarbonyl (C=S) groups is 1. The van der Waals surface area contributed by atoms with Crippen molar-refractivity contribution in [3.05, 3.63) is 65.4 Å². The van der Waals surface area contributed by atoms with Crippen LogP contribution in [-0.2, 0) is 6.54 Å². The minimum absolute atomic E-state index is 0.304. The predicted octanol–water partition coefficient (Wildman–Crippen LogP) is 5.39. The topological polar surface area (TPSA) is 31.1 Å². The second kappa shape index (κ2) is 7.28. The van der Waals surface area contributed by atoms with Crippen molar-refractivity contribution in [1.82, 2.24) is 9.88 Å². The van der Waals surface area contributed by atoms with Gasteiger partial charge in [0.25, 0.3) is 0 Å². The van der Waals surface area contributed by atoms with Gasteiger partial charge in [-0.05, 0) is 62.7 Å². The number of fused-ring (bicyclic) bond motifs is 1. The number of benzene rings is 2. The number of anilines is 1. The molecule has 0 unspecified atom stereocenters. The van der Waals surface area contributed by atoms with Crippen molar-refractivity contribution >= 4 is 33.9 Å². The Kier molecular flexibility index (Phi) is 5.09. The molecule has 2 aromatic carbocycles. The van der Waals surface area contributed by atoms with Crippen LogP contribution in [0, 0.1) is 13.8 Å².